The summed E-state index contributed by atoms with van der Waals surface area (Å²) in [7, 11) is 0. The van der Waals surface area contributed by atoms with Gasteiger partial charge in [0.2, 0.25) is 0 Å². The second-order valence-electron chi connectivity index (χ2n) is 6.19. The summed E-state index contributed by atoms with van der Waals surface area (Å²) in [5.41, 5.74) is 4.19. The fraction of sp³-hybridized carbons (Fsp3) is 0.174. The molecule has 0 fully saturated rings. The van der Waals surface area contributed by atoms with Gasteiger partial charge in [0.1, 0.15) is 11.5 Å². The van der Waals surface area contributed by atoms with Crippen LogP contribution in [-0.4, -0.2) is 0 Å². The third kappa shape index (κ3) is 4.08. The minimum atomic E-state index is 0.132. The maximum atomic E-state index is 8.94. The number of ether oxygens (including phenoxy) is 1. The fourth-order valence-electron chi connectivity index (χ4n) is 2.86. The van der Waals surface area contributed by atoms with E-state index in [1.165, 1.54) is 11.1 Å². The van der Waals surface area contributed by atoms with Gasteiger partial charge in [0.05, 0.1) is 17.6 Å². The molecule has 2 aliphatic rings. The van der Waals surface area contributed by atoms with E-state index in [-0.39, 0.29) is 5.92 Å². The molecular formula is C23H21NO. The molecule has 0 amide bonds. The first-order chi connectivity index (χ1) is 12.2. The highest BCUT2D eigenvalue weighted by molar-refractivity contribution is 5.46. The number of hydrogen-bond acceptors (Lipinski definition) is 2. The molecular weight excluding hydrogens is 306 g/mol. The summed E-state index contributed by atoms with van der Waals surface area (Å²) < 4.78 is 6.23. The number of benzene rings is 1. The molecule has 0 aliphatic heterocycles. The Morgan fingerprint density at radius 2 is 1.88 bits per heavy atom. The summed E-state index contributed by atoms with van der Waals surface area (Å²) in [6, 6.07) is 9.37. The van der Waals surface area contributed by atoms with Gasteiger partial charge in [-0.3, -0.25) is 0 Å². The molecule has 0 saturated heterocycles. The zero-order valence-corrected chi connectivity index (χ0v) is 14.6. The minimum Gasteiger partial charge on any atom is -0.460 e. The Morgan fingerprint density at radius 3 is 2.48 bits per heavy atom. The van der Waals surface area contributed by atoms with Gasteiger partial charge in [0.15, 0.2) is 0 Å². The second kappa shape index (κ2) is 7.68. The zero-order valence-electron chi connectivity index (χ0n) is 14.6. The Kier molecular flexibility index (Phi) is 5.16. The molecule has 3 rings (SSSR count). The summed E-state index contributed by atoms with van der Waals surface area (Å²) >= 11 is 0. The first-order valence-electron chi connectivity index (χ1n) is 8.46. The number of rotatable bonds is 5. The van der Waals surface area contributed by atoms with Crippen LogP contribution >= 0.6 is 0 Å². The molecule has 25 heavy (non-hydrogen) atoms. The standard InChI is InChI=1S/C23H21NO/c1-17(15-19-7-3-4-8-19)18(2)23(21-9-5-6-10-21)25-22-13-11-20(16-24)12-14-22/h3,5-15,21H,4H2,1-2H3/b17-15-,23-18+. The lowest BCUT2D eigenvalue weighted by Gasteiger charge is -2.18. The van der Waals surface area contributed by atoms with Crippen molar-refractivity contribution in [3.63, 3.8) is 0 Å². The Bertz CT molecular complexity index is 856. The third-order valence-corrected chi connectivity index (χ3v) is 4.41. The summed E-state index contributed by atoms with van der Waals surface area (Å²) in [5, 5.41) is 8.94. The van der Waals surface area contributed by atoms with Crippen LogP contribution < -0.4 is 4.74 Å². The van der Waals surface area contributed by atoms with Gasteiger partial charge in [-0.05, 0) is 61.3 Å². The molecule has 124 valence electrons. The Hall–Kier alpha value is -3.05. The van der Waals surface area contributed by atoms with Gasteiger partial charge < -0.3 is 4.74 Å². The van der Waals surface area contributed by atoms with Gasteiger partial charge in [-0.2, -0.15) is 5.26 Å². The van der Waals surface area contributed by atoms with Gasteiger partial charge in [-0.15, -0.1) is 0 Å². The highest BCUT2D eigenvalue weighted by atomic mass is 16.5. The van der Waals surface area contributed by atoms with Crippen molar-refractivity contribution in [2.75, 3.05) is 0 Å². The highest BCUT2D eigenvalue weighted by Crippen LogP contribution is 2.29. The van der Waals surface area contributed by atoms with E-state index in [0.717, 1.165) is 23.5 Å². The van der Waals surface area contributed by atoms with Crippen LogP contribution in [0.15, 0.2) is 95.4 Å². The SMILES string of the molecule is CC(=C/C1=CCC=C1)/C(C)=C(/Oc1ccc(C#N)cc1)C1C=CC=C1. The molecule has 0 saturated carbocycles. The molecule has 0 bridgehead atoms. The van der Waals surface area contributed by atoms with E-state index in [0.29, 0.717) is 5.56 Å². The van der Waals surface area contributed by atoms with E-state index in [9.17, 15) is 0 Å². The number of allylic oxidation sites excluding steroid dienone is 10. The monoisotopic (exact) mass is 327 g/mol. The molecule has 1 aromatic rings. The second-order valence-corrected chi connectivity index (χ2v) is 6.19. The van der Waals surface area contributed by atoms with E-state index in [1.54, 1.807) is 12.1 Å². The van der Waals surface area contributed by atoms with Crippen molar-refractivity contribution in [1.82, 2.24) is 0 Å². The van der Waals surface area contributed by atoms with E-state index >= 15 is 0 Å². The average molecular weight is 327 g/mol. The van der Waals surface area contributed by atoms with Crippen LogP contribution in [0.2, 0.25) is 0 Å². The van der Waals surface area contributed by atoms with Gasteiger partial charge in [0, 0.05) is 0 Å². The van der Waals surface area contributed by atoms with Crippen LogP contribution in [0.3, 0.4) is 0 Å². The molecule has 0 spiro atoms. The molecule has 2 heteroatoms. The Morgan fingerprint density at radius 1 is 1.16 bits per heavy atom. The average Bonchev–Trinajstić information content (AvgIpc) is 3.33. The van der Waals surface area contributed by atoms with E-state index in [1.807, 2.05) is 24.3 Å². The van der Waals surface area contributed by atoms with Crippen molar-refractivity contribution < 1.29 is 4.74 Å². The lowest BCUT2D eigenvalue weighted by atomic mass is 9.98. The molecule has 1 aromatic carbocycles. The number of nitriles is 1. The first-order valence-corrected chi connectivity index (χ1v) is 8.46. The first kappa shape index (κ1) is 16.8. The van der Waals surface area contributed by atoms with E-state index in [2.05, 4.69) is 56.4 Å². The van der Waals surface area contributed by atoms with Gasteiger partial charge >= 0.3 is 0 Å². The maximum Gasteiger partial charge on any atom is 0.127 e. The maximum absolute atomic E-state index is 8.94. The zero-order chi connectivity index (χ0) is 17.6. The van der Waals surface area contributed by atoms with Crippen molar-refractivity contribution in [2.24, 2.45) is 5.92 Å². The molecule has 0 N–H and O–H groups in total. The van der Waals surface area contributed by atoms with Crippen molar-refractivity contribution >= 4 is 0 Å². The van der Waals surface area contributed by atoms with Crippen LogP contribution in [0.25, 0.3) is 0 Å². The highest BCUT2D eigenvalue weighted by Gasteiger charge is 2.17. The summed E-state index contributed by atoms with van der Waals surface area (Å²) in [6.07, 6.45) is 18.1. The molecule has 0 radical (unpaired) electrons. The predicted octanol–water partition coefficient (Wildman–Crippen LogP) is 5.79. The summed E-state index contributed by atoms with van der Waals surface area (Å²) in [6.45, 7) is 4.22. The molecule has 0 atom stereocenters. The van der Waals surface area contributed by atoms with Crippen LogP contribution in [0.4, 0.5) is 0 Å². The third-order valence-electron chi connectivity index (χ3n) is 4.41. The van der Waals surface area contributed by atoms with E-state index in [4.69, 9.17) is 10.00 Å². The van der Waals surface area contributed by atoms with Crippen LogP contribution in [0, 0.1) is 17.2 Å². The minimum absolute atomic E-state index is 0.132. The molecule has 0 unspecified atom stereocenters. The van der Waals surface area contributed by atoms with Gasteiger partial charge in [-0.1, -0.05) is 48.6 Å². The summed E-state index contributed by atoms with van der Waals surface area (Å²) in [4.78, 5) is 0. The van der Waals surface area contributed by atoms with Gasteiger partial charge in [-0.25, -0.2) is 0 Å². The van der Waals surface area contributed by atoms with Crippen LogP contribution in [0.1, 0.15) is 25.8 Å². The van der Waals surface area contributed by atoms with Crippen molar-refractivity contribution in [3.05, 3.63) is 101 Å². The van der Waals surface area contributed by atoms with Crippen LogP contribution in [0.5, 0.6) is 5.75 Å². The van der Waals surface area contributed by atoms with E-state index < -0.39 is 0 Å². The number of nitrogens with zero attached hydrogens (tertiary/aromatic N) is 1. The predicted molar refractivity (Wildman–Crippen MR) is 102 cm³/mol. The van der Waals surface area contributed by atoms with Crippen molar-refractivity contribution in [1.29, 1.82) is 5.26 Å². The fourth-order valence-corrected chi connectivity index (χ4v) is 2.86. The summed E-state index contributed by atoms with van der Waals surface area (Å²) in [5.74, 6) is 1.80. The lowest BCUT2D eigenvalue weighted by molar-refractivity contribution is 0.387. The molecule has 2 nitrogen and oxygen atoms in total. The normalized spacial score (nSPS) is 17.5. The topological polar surface area (TPSA) is 33.0 Å². The largest absolute Gasteiger partial charge is 0.460 e. The van der Waals surface area contributed by atoms with Crippen LogP contribution in [-0.2, 0) is 0 Å². The van der Waals surface area contributed by atoms with Crippen molar-refractivity contribution in [2.45, 2.75) is 20.3 Å². The van der Waals surface area contributed by atoms with Crippen molar-refractivity contribution in [3.8, 4) is 11.8 Å². The Labute approximate surface area is 149 Å². The molecule has 0 aromatic heterocycles. The lowest BCUT2D eigenvalue weighted by Crippen LogP contribution is -2.08. The quantitative estimate of drug-likeness (QED) is 0.507. The smallest absolute Gasteiger partial charge is 0.127 e. The molecule has 2 aliphatic carbocycles. The molecule has 0 heterocycles. The Balaban J connectivity index is 1.93. The number of hydrogen-bond donors (Lipinski definition) is 0. The van der Waals surface area contributed by atoms with Gasteiger partial charge in [0.25, 0.3) is 0 Å².